The zero-order chi connectivity index (χ0) is 21.4. The molecule has 0 unspecified atom stereocenters. The molecule has 160 valence electrons. The molecule has 0 N–H and O–H groups in total. The third kappa shape index (κ3) is 5.07. The van der Waals surface area contributed by atoms with E-state index < -0.39 is 11.8 Å². The van der Waals surface area contributed by atoms with Gasteiger partial charge in [0.05, 0.1) is 23.7 Å². The van der Waals surface area contributed by atoms with Crippen LogP contribution < -0.4 is 0 Å². The molecule has 2 aromatic rings. The highest BCUT2D eigenvalue weighted by Crippen LogP contribution is 2.48. The van der Waals surface area contributed by atoms with Crippen molar-refractivity contribution in [1.82, 2.24) is 0 Å². The smallest absolute Gasteiger partial charge is 0.338 e. The number of hydrogen-bond acceptors (Lipinski definition) is 6. The standard InChI is InChI=1S/C24H28O6/c1-3-29-24(30-4-2)15-20(16-27-22(25)18-11-7-5-8-12-18)21(24)17-28-23(26)19-13-9-6-10-14-19/h5-14,20-21H,3-4,15-17H2,1-2H3/t20-,21-/m0/s1. The molecule has 30 heavy (non-hydrogen) atoms. The SMILES string of the molecule is CCOC1(OCC)C[C@@H](COC(=O)c2ccccc2)[C@@H]1COC(=O)c1ccccc1. The lowest BCUT2D eigenvalue weighted by atomic mass is 9.68. The summed E-state index contributed by atoms with van der Waals surface area (Å²) in [6.07, 6.45) is 0.574. The van der Waals surface area contributed by atoms with Crippen molar-refractivity contribution in [2.75, 3.05) is 26.4 Å². The van der Waals surface area contributed by atoms with Crippen LogP contribution in [0.3, 0.4) is 0 Å². The second-order valence-corrected chi connectivity index (χ2v) is 7.18. The average molecular weight is 412 g/mol. The first-order valence-corrected chi connectivity index (χ1v) is 10.3. The van der Waals surface area contributed by atoms with Crippen molar-refractivity contribution in [1.29, 1.82) is 0 Å². The molecule has 0 saturated heterocycles. The highest BCUT2D eigenvalue weighted by molar-refractivity contribution is 5.89. The molecule has 6 heteroatoms. The molecular formula is C24H28O6. The summed E-state index contributed by atoms with van der Waals surface area (Å²) >= 11 is 0. The topological polar surface area (TPSA) is 71.1 Å². The fourth-order valence-electron chi connectivity index (χ4n) is 3.82. The Morgan fingerprint density at radius 3 is 1.73 bits per heavy atom. The van der Waals surface area contributed by atoms with E-state index in [4.69, 9.17) is 18.9 Å². The maximum absolute atomic E-state index is 12.4. The lowest BCUT2D eigenvalue weighted by Crippen LogP contribution is -2.60. The molecule has 2 aromatic carbocycles. The average Bonchev–Trinajstić information content (AvgIpc) is 2.77. The van der Waals surface area contributed by atoms with Gasteiger partial charge >= 0.3 is 11.9 Å². The van der Waals surface area contributed by atoms with Crippen LogP contribution in [0.15, 0.2) is 60.7 Å². The molecule has 1 aliphatic carbocycles. The predicted octanol–water partition coefficient (Wildman–Crippen LogP) is 4.11. The fraction of sp³-hybridized carbons (Fsp3) is 0.417. The first-order valence-electron chi connectivity index (χ1n) is 10.3. The van der Waals surface area contributed by atoms with Gasteiger partial charge in [-0.15, -0.1) is 0 Å². The normalized spacial score (nSPS) is 19.5. The van der Waals surface area contributed by atoms with Crippen LogP contribution in [-0.2, 0) is 18.9 Å². The molecule has 0 heterocycles. The van der Waals surface area contributed by atoms with Crippen LogP contribution in [0.4, 0.5) is 0 Å². The van der Waals surface area contributed by atoms with Gasteiger partial charge in [-0.3, -0.25) is 0 Å². The number of hydrogen-bond donors (Lipinski definition) is 0. The Kier molecular flexibility index (Phi) is 7.60. The van der Waals surface area contributed by atoms with Gasteiger partial charge in [-0.1, -0.05) is 36.4 Å². The molecule has 3 rings (SSSR count). The van der Waals surface area contributed by atoms with Crippen molar-refractivity contribution in [3.63, 3.8) is 0 Å². The summed E-state index contributed by atoms with van der Waals surface area (Å²) in [5.74, 6) is -1.86. The van der Waals surface area contributed by atoms with Gasteiger partial charge in [0.15, 0.2) is 5.79 Å². The van der Waals surface area contributed by atoms with E-state index in [-0.39, 0.29) is 31.0 Å². The van der Waals surface area contributed by atoms with Crippen LogP contribution >= 0.6 is 0 Å². The molecular weight excluding hydrogens is 384 g/mol. The molecule has 1 fully saturated rings. The largest absolute Gasteiger partial charge is 0.462 e. The van der Waals surface area contributed by atoms with Crippen LogP contribution in [-0.4, -0.2) is 44.2 Å². The second kappa shape index (κ2) is 10.4. The van der Waals surface area contributed by atoms with Crippen molar-refractivity contribution < 1.29 is 28.5 Å². The number of esters is 2. The molecule has 0 amide bonds. The highest BCUT2D eigenvalue weighted by atomic mass is 16.7. The van der Waals surface area contributed by atoms with Crippen molar-refractivity contribution >= 4 is 11.9 Å². The quantitative estimate of drug-likeness (QED) is 0.432. The molecule has 1 saturated carbocycles. The van der Waals surface area contributed by atoms with Crippen LogP contribution in [0.1, 0.15) is 41.0 Å². The summed E-state index contributed by atoms with van der Waals surface area (Å²) < 4.78 is 22.9. The summed E-state index contributed by atoms with van der Waals surface area (Å²) in [4.78, 5) is 24.7. The van der Waals surface area contributed by atoms with Gasteiger partial charge in [0, 0.05) is 25.6 Å². The number of carbonyl (C=O) groups excluding carboxylic acids is 2. The lowest BCUT2D eigenvalue weighted by molar-refractivity contribution is -0.336. The van der Waals surface area contributed by atoms with Gasteiger partial charge < -0.3 is 18.9 Å². The predicted molar refractivity (Wildman–Crippen MR) is 111 cm³/mol. The summed E-state index contributed by atoms with van der Waals surface area (Å²) in [6, 6.07) is 17.7. The van der Waals surface area contributed by atoms with Crippen molar-refractivity contribution in [2.45, 2.75) is 26.1 Å². The van der Waals surface area contributed by atoms with Crippen molar-refractivity contribution in [3.05, 3.63) is 71.8 Å². The van der Waals surface area contributed by atoms with Gasteiger partial charge in [0.2, 0.25) is 0 Å². The zero-order valence-corrected chi connectivity index (χ0v) is 17.4. The maximum Gasteiger partial charge on any atom is 0.338 e. The Balaban J connectivity index is 1.64. The van der Waals surface area contributed by atoms with Gasteiger partial charge in [-0.2, -0.15) is 0 Å². The monoisotopic (exact) mass is 412 g/mol. The van der Waals surface area contributed by atoms with Gasteiger partial charge in [-0.05, 0) is 38.1 Å². The van der Waals surface area contributed by atoms with Gasteiger partial charge in [-0.25, -0.2) is 9.59 Å². The molecule has 0 bridgehead atoms. The van der Waals surface area contributed by atoms with E-state index >= 15 is 0 Å². The number of ether oxygens (including phenoxy) is 4. The molecule has 0 radical (unpaired) electrons. The minimum absolute atomic E-state index is 0.0284. The molecule has 0 aliphatic heterocycles. The van der Waals surface area contributed by atoms with Crippen molar-refractivity contribution in [2.24, 2.45) is 11.8 Å². The number of rotatable bonds is 10. The Bertz CT molecular complexity index is 814. The maximum atomic E-state index is 12.4. The van der Waals surface area contributed by atoms with E-state index in [1.807, 2.05) is 26.0 Å². The van der Waals surface area contributed by atoms with Crippen molar-refractivity contribution in [3.8, 4) is 0 Å². The summed E-state index contributed by atoms with van der Waals surface area (Å²) in [6.45, 7) is 5.08. The van der Waals surface area contributed by atoms with E-state index in [1.54, 1.807) is 48.5 Å². The highest BCUT2D eigenvalue weighted by Gasteiger charge is 2.57. The Labute approximate surface area is 177 Å². The minimum Gasteiger partial charge on any atom is -0.462 e. The van der Waals surface area contributed by atoms with Crippen LogP contribution in [0.25, 0.3) is 0 Å². The lowest BCUT2D eigenvalue weighted by Gasteiger charge is -2.52. The molecule has 0 aromatic heterocycles. The molecule has 0 spiro atoms. The van der Waals surface area contributed by atoms with E-state index in [2.05, 4.69) is 0 Å². The summed E-state index contributed by atoms with van der Waals surface area (Å²) in [7, 11) is 0. The fourth-order valence-corrected chi connectivity index (χ4v) is 3.82. The van der Waals surface area contributed by atoms with E-state index in [0.717, 1.165) is 0 Å². The molecule has 1 aliphatic rings. The molecule has 2 atom stereocenters. The number of benzene rings is 2. The van der Waals surface area contributed by atoms with Crippen LogP contribution in [0.2, 0.25) is 0 Å². The van der Waals surface area contributed by atoms with E-state index in [1.165, 1.54) is 0 Å². The van der Waals surface area contributed by atoms with Gasteiger partial charge in [0.1, 0.15) is 6.61 Å². The molecule has 6 nitrogen and oxygen atoms in total. The Morgan fingerprint density at radius 1 is 0.800 bits per heavy atom. The Hall–Kier alpha value is -2.70. The minimum atomic E-state index is -0.829. The summed E-state index contributed by atoms with van der Waals surface area (Å²) in [5, 5.41) is 0. The second-order valence-electron chi connectivity index (χ2n) is 7.18. The van der Waals surface area contributed by atoms with E-state index in [9.17, 15) is 9.59 Å². The van der Waals surface area contributed by atoms with Gasteiger partial charge in [0.25, 0.3) is 0 Å². The number of carbonyl (C=O) groups is 2. The first-order chi connectivity index (χ1) is 14.6. The van der Waals surface area contributed by atoms with Crippen LogP contribution in [0.5, 0.6) is 0 Å². The third-order valence-electron chi connectivity index (χ3n) is 5.30. The summed E-state index contributed by atoms with van der Waals surface area (Å²) in [5.41, 5.74) is 0.993. The third-order valence-corrected chi connectivity index (χ3v) is 5.30. The van der Waals surface area contributed by atoms with E-state index in [0.29, 0.717) is 30.8 Å². The van der Waals surface area contributed by atoms with Crippen LogP contribution in [0, 0.1) is 11.8 Å². The first kappa shape index (κ1) is 22.0. The zero-order valence-electron chi connectivity index (χ0n) is 17.4. The Morgan fingerprint density at radius 2 is 1.27 bits per heavy atom.